The highest BCUT2D eigenvalue weighted by molar-refractivity contribution is 5.71. The second-order valence-corrected chi connectivity index (χ2v) is 25.8. The Balaban J connectivity index is 4.27. The predicted octanol–water partition coefficient (Wildman–Crippen LogP) is 24.3. The molecule has 0 unspecified atom stereocenters. The number of esters is 3. The van der Waals surface area contributed by atoms with Crippen molar-refractivity contribution in [2.75, 3.05) is 13.2 Å². The van der Waals surface area contributed by atoms with E-state index in [4.69, 9.17) is 14.2 Å². The fraction of sp³-hybridized carbons (Fsp3) is 0.958. The predicted molar refractivity (Wildman–Crippen MR) is 340 cm³/mol. The number of ether oxygens (including phenoxy) is 3. The van der Waals surface area contributed by atoms with Crippen LogP contribution in [0.1, 0.15) is 413 Å². The molecule has 0 bridgehead atoms. The molecule has 464 valence electrons. The standard InChI is InChI=1S/C72H140O6/c1-6-7-8-9-10-11-12-13-14-15-22-27-32-37-42-47-52-57-62-70(73)76-65-69(78-72(75)64-59-54-49-44-39-34-29-24-19-17-21-26-31-36-41-46-51-56-61-68(4)5)66-77-71(74)63-58-53-48-43-38-33-28-23-18-16-20-25-30-35-40-45-50-55-60-67(2)3/h67-69H,6-66H2,1-5H3/t69-/m0/s1. The summed E-state index contributed by atoms with van der Waals surface area (Å²) in [5, 5.41) is 0. The van der Waals surface area contributed by atoms with Gasteiger partial charge in [-0.2, -0.15) is 0 Å². The van der Waals surface area contributed by atoms with Crippen LogP contribution >= 0.6 is 0 Å². The van der Waals surface area contributed by atoms with Crippen molar-refractivity contribution in [1.29, 1.82) is 0 Å². The summed E-state index contributed by atoms with van der Waals surface area (Å²) in [6.07, 6.45) is 74.1. The van der Waals surface area contributed by atoms with Gasteiger partial charge >= 0.3 is 17.9 Å². The number of carbonyl (C=O) groups is 3. The van der Waals surface area contributed by atoms with Gasteiger partial charge in [-0.15, -0.1) is 0 Å². The van der Waals surface area contributed by atoms with Crippen molar-refractivity contribution in [3.63, 3.8) is 0 Å². The summed E-state index contributed by atoms with van der Waals surface area (Å²) in [7, 11) is 0. The molecule has 0 heterocycles. The van der Waals surface area contributed by atoms with Crippen LogP contribution in [0.15, 0.2) is 0 Å². The van der Waals surface area contributed by atoms with Gasteiger partial charge in [0, 0.05) is 19.3 Å². The first-order valence-electron chi connectivity index (χ1n) is 35.7. The first kappa shape index (κ1) is 76.4. The molecular weight excluding hydrogens is 961 g/mol. The summed E-state index contributed by atoms with van der Waals surface area (Å²) in [6, 6.07) is 0. The van der Waals surface area contributed by atoms with E-state index in [2.05, 4.69) is 34.6 Å². The van der Waals surface area contributed by atoms with Crippen molar-refractivity contribution < 1.29 is 28.6 Å². The van der Waals surface area contributed by atoms with Crippen molar-refractivity contribution in [3.05, 3.63) is 0 Å². The molecule has 0 N–H and O–H groups in total. The SMILES string of the molecule is CCCCCCCCCCCCCCCCCCCCC(=O)OC[C@@H](COC(=O)CCCCCCCCCCCCCCCCCCCCC(C)C)OC(=O)CCCCCCCCCCCCCCCCCCCCC(C)C. The van der Waals surface area contributed by atoms with Crippen LogP contribution in [-0.4, -0.2) is 37.2 Å². The summed E-state index contributed by atoms with van der Waals surface area (Å²) in [5.74, 6) is 0.895. The summed E-state index contributed by atoms with van der Waals surface area (Å²) in [5.41, 5.74) is 0. The van der Waals surface area contributed by atoms with E-state index in [1.54, 1.807) is 0 Å². The average Bonchev–Trinajstić information content (AvgIpc) is 3.42. The lowest BCUT2D eigenvalue weighted by Crippen LogP contribution is -2.30. The molecule has 1 atom stereocenters. The first-order chi connectivity index (χ1) is 38.2. The minimum atomic E-state index is -0.765. The maximum absolute atomic E-state index is 13.0. The molecule has 0 aromatic rings. The summed E-state index contributed by atoms with van der Waals surface area (Å²) < 4.78 is 17.0. The molecule has 0 spiro atoms. The fourth-order valence-electron chi connectivity index (χ4n) is 11.3. The minimum absolute atomic E-state index is 0.0610. The third-order valence-electron chi connectivity index (χ3n) is 16.7. The monoisotopic (exact) mass is 1100 g/mol. The molecule has 6 heteroatoms. The maximum atomic E-state index is 13.0. The van der Waals surface area contributed by atoms with Crippen LogP contribution in [0.5, 0.6) is 0 Å². The van der Waals surface area contributed by atoms with Crippen molar-refractivity contribution in [2.24, 2.45) is 11.8 Å². The van der Waals surface area contributed by atoms with Crippen LogP contribution in [0, 0.1) is 11.8 Å². The van der Waals surface area contributed by atoms with Gasteiger partial charge in [-0.05, 0) is 31.1 Å². The van der Waals surface area contributed by atoms with Crippen molar-refractivity contribution in [2.45, 2.75) is 420 Å². The number of hydrogen-bond acceptors (Lipinski definition) is 6. The van der Waals surface area contributed by atoms with Gasteiger partial charge in [-0.1, -0.05) is 375 Å². The van der Waals surface area contributed by atoms with Crippen LogP contribution in [0.2, 0.25) is 0 Å². The summed E-state index contributed by atoms with van der Waals surface area (Å²) in [4.78, 5) is 38.5. The molecule has 0 aliphatic rings. The molecule has 0 saturated carbocycles. The highest BCUT2D eigenvalue weighted by atomic mass is 16.6. The zero-order chi connectivity index (χ0) is 56.7. The van der Waals surface area contributed by atoms with E-state index in [1.165, 1.54) is 302 Å². The van der Waals surface area contributed by atoms with E-state index in [1.807, 2.05) is 0 Å². The van der Waals surface area contributed by atoms with Gasteiger partial charge in [-0.3, -0.25) is 14.4 Å². The molecular formula is C72H140O6. The second-order valence-electron chi connectivity index (χ2n) is 25.8. The number of rotatable bonds is 66. The molecule has 6 nitrogen and oxygen atoms in total. The van der Waals surface area contributed by atoms with Gasteiger partial charge in [0.25, 0.3) is 0 Å². The third-order valence-corrected chi connectivity index (χ3v) is 16.7. The summed E-state index contributed by atoms with van der Waals surface area (Å²) in [6.45, 7) is 11.5. The molecule has 0 aliphatic carbocycles. The topological polar surface area (TPSA) is 78.9 Å². The lowest BCUT2D eigenvalue weighted by Gasteiger charge is -2.18. The lowest BCUT2D eigenvalue weighted by molar-refractivity contribution is -0.167. The Labute approximate surface area is 488 Å². The highest BCUT2D eigenvalue weighted by Gasteiger charge is 2.20. The van der Waals surface area contributed by atoms with E-state index < -0.39 is 6.10 Å². The largest absolute Gasteiger partial charge is 0.462 e. The first-order valence-corrected chi connectivity index (χ1v) is 35.7. The molecule has 0 aromatic carbocycles. The van der Waals surface area contributed by atoms with Crippen molar-refractivity contribution in [3.8, 4) is 0 Å². The van der Waals surface area contributed by atoms with Crippen LogP contribution < -0.4 is 0 Å². The summed E-state index contributed by atoms with van der Waals surface area (Å²) >= 11 is 0. The quantitative estimate of drug-likeness (QED) is 0.0343. The van der Waals surface area contributed by atoms with Crippen LogP contribution in [-0.2, 0) is 28.6 Å². The van der Waals surface area contributed by atoms with Crippen molar-refractivity contribution in [1.82, 2.24) is 0 Å². The lowest BCUT2D eigenvalue weighted by atomic mass is 10.0. The molecule has 0 aromatic heterocycles. The van der Waals surface area contributed by atoms with Crippen molar-refractivity contribution >= 4 is 17.9 Å². The van der Waals surface area contributed by atoms with Gasteiger partial charge in [-0.25, -0.2) is 0 Å². The second kappa shape index (κ2) is 64.6. The van der Waals surface area contributed by atoms with Gasteiger partial charge in [0.05, 0.1) is 0 Å². The maximum Gasteiger partial charge on any atom is 0.306 e. The Kier molecular flexibility index (Phi) is 63.3. The van der Waals surface area contributed by atoms with E-state index in [0.29, 0.717) is 19.3 Å². The molecule has 0 fully saturated rings. The Hall–Kier alpha value is -1.59. The zero-order valence-corrected chi connectivity index (χ0v) is 53.8. The average molecular weight is 1100 g/mol. The molecule has 0 radical (unpaired) electrons. The van der Waals surface area contributed by atoms with E-state index >= 15 is 0 Å². The normalized spacial score (nSPS) is 12.0. The van der Waals surface area contributed by atoms with Gasteiger partial charge in [0.2, 0.25) is 0 Å². The molecule has 78 heavy (non-hydrogen) atoms. The highest BCUT2D eigenvalue weighted by Crippen LogP contribution is 2.20. The Bertz CT molecular complexity index is 1200. The third kappa shape index (κ3) is 65.2. The van der Waals surface area contributed by atoms with Gasteiger partial charge in [0.1, 0.15) is 13.2 Å². The van der Waals surface area contributed by atoms with E-state index in [-0.39, 0.29) is 31.1 Å². The van der Waals surface area contributed by atoms with E-state index in [9.17, 15) is 14.4 Å². The number of unbranched alkanes of at least 4 members (excludes halogenated alkanes) is 51. The number of carbonyl (C=O) groups excluding carboxylic acids is 3. The molecule has 0 aliphatic heterocycles. The zero-order valence-electron chi connectivity index (χ0n) is 53.8. The Morgan fingerprint density at radius 2 is 0.423 bits per heavy atom. The minimum Gasteiger partial charge on any atom is -0.462 e. The van der Waals surface area contributed by atoms with Gasteiger partial charge in [0.15, 0.2) is 6.10 Å². The van der Waals surface area contributed by atoms with Crippen LogP contribution in [0.3, 0.4) is 0 Å². The molecule has 0 amide bonds. The van der Waals surface area contributed by atoms with Crippen LogP contribution in [0.25, 0.3) is 0 Å². The molecule has 0 saturated heterocycles. The van der Waals surface area contributed by atoms with E-state index in [0.717, 1.165) is 69.6 Å². The number of hydrogen-bond donors (Lipinski definition) is 0. The van der Waals surface area contributed by atoms with Crippen LogP contribution in [0.4, 0.5) is 0 Å². The Morgan fingerprint density at radius 1 is 0.244 bits per heavy atom. The molecule has 0 rings (SSSR count). The van der Waals surface area contributed by atoms with Gasteiger partial charge < -0.3 is 14.2 Å². The smallest absolute Gasteiger partial charge is 0.306 e. The fourth-order valence-corrected chi connectivity index (χ4v) is 11.3. The Morgan fingerprint density at radius 3 is 0.628 bits per heavy atom.